The highest BCUT2D eigenvalue weighted by Crippen LogP contribution is 2.31. The third-order valence-corrected chi connectivity index (χ3v) is 4.25. The first-order chi connectivity index (χ1) is 12.2. The van der Waals surface area contributed by atoms with Crippen LogP contribution in [0.4, 0.5) is 8.78 Å². The van der Waals surface area contributed by atoms with Gasteiger partial charge in [0.05, 0.1) is 7.11 Å². The van der Waals surface area contributed by atoms with Gasteiger partial charge in [-0.05, 0) is 29.3 Å². The maximum Gasteiger partial charge on any atom is 0.387 e. The molecule has 1 unspecified atom stereocenters. The number of piperazine rings is 1. The second-order valence-corrected chi connectivity index (χ2v) is 5.84. The second kappa shape index (κ2) is 8.22. The molecule has 1 aliphatic rings. The van der Waals surface area contributed by atoms with Crippen LogP contribution in [0.1, 0.15) is 17.2 Å². The highest BCUT2D eigenvalue weighted by molar-refractivity contribution is 5.43. The van der Waals surface area contributed by atoms with Crippen molar-refractivity contribution in [2.24, 2.45) is 0 Å². The molecular weight excluding hydrogens is 328 g/mol. The van der Waals surface area contributed by atoms with E-state index >= 15 is 0 Å². The Morgan fingerprint density at radius 1 is 1.32 bits per heavy atom. The number of hydrogen-bond donors (Lipinski definition) is 1. The topological polar surface area (TPSA) is 46.6 Å². The van der Waals surface area contributed by atoms with E-state index < -0.39 is 6.61 Å². The SMILES string of the molecule is COc1ccc(CN2CCNCC2c2cccnc2)cc1OC(F)F. The number of rotatable bonds is 6. The summed E-state index contributed by atoms with van der Waals surface area (Å²) in [6.07, 6.45) is 3.62. The number of pyridine rings is 1. The fourth-order valence-electron chi connectivity index (χ4n) is 3.08. The molecule has 2 heterocycles. The van der Waals surface area contributed by atoms with Crippen molar-refractivity contribution in [2.75, 3.05) is 26.7 Å². The molecule has 1 N–H and O–H groups in total. The molecule has 1 atom stereocenters. The molecule has 0 radical (unpaired) electrons. The summed E-state index contributed by atoms with van der Waals surface area (Å²) in [6.45, 7) is 0.309. The number of hydrogen-bond acceptors (Lipinski definition) is 5. The van der Waals surface area contributed by atoms with Gasteiger partial charge in [0, 0.05) is 44.6 Å². The summed E-state index contributed by atoms with van der Waals surface area (Å²) in [6, 6.07) is 9.31. The maximum atomic E-state index is 12.6. The molecule has 0 bridgehead atoms. The monoisotopic (exact) mass is 349 g/mol. The predicted molar refractivity (Wildman–Crippen MR) is 89.9 cm³/mol. The molecule has 5 nitrogen and oxygen atoms in total. The van der Waals surface area contributed by atoms with Gasteiger partial charge in [0.1, 0.15) is 0 Å². The first kappa shape index (κ1) is 17.6. The normalized spacial score (nSPS) is 18.3. The van der Waals surface area contributed by atoms with Crippen molar-refractivity contribution in [1.82, 2.24) is 15.2 Å². The average molecular weight is 349 g/mol. The van der Waals surface area contributed by atoms with Crippen LogP contribution >= 0.6 is 0 Å². The van der Waals surface area contributed by atoms with Crippen LogP contribution in [0.25, 0.3) is 0 Å². The van der Waals surface area contributed by atoms with Crippen molar-refractivity contribution in [3.05, 3.63) is 53.9 Å². The van der Waals surface area contributed by atoms with Crippen LogP contribution in [0.3, 0.4) is 0 Å². The first-order valence-electron chi connectivity index (χ1n) is 8.14. The molecule has 7 heteroatoms. The van der Waals surface area contributed by atoms with Crippen LogP contribution < -0.4 is 14.8 Å². The molecule has 0 spiro atoms. The highest BCUT2D eigenvalue weighted by Gasteiger charge is 2.24. The lowest BCUT2D eigenvalue weighted by Gasteiger charge is -2.36. The lowest BCUT2D eigenvalue weighted by Crippen LogP contribution is -2.45. The van der Waals surface area contributed by atoms with E-state index in [4.69, 9.17) is 4.74 Å². The van der Waals surface area contributed by atoms with E-state index in [1.807, 2.05) is 18.3 Å². The van der Waals surface area contributed by atoms with Crippen molar-refractivity contribution < 1.29 is 18.3 Å². The summed E-state index contributed by atoms with van der Waals surface area (Å²) >= 11 is 0. The molecule has 25 heavy (non-hydrogen) atoms. The van der Waals surface area contributed by atoms with Gasteiger partial charge in [-0.25, -0.2) is 0 Å². The van der Waals surface area contributed by atoms with Gasteiger partial charge in [0.25, 0.3) is 0 Å². The number of ether oxygens (including phenoxy) is 2. The van der Waals surface area contributed by atoms with Crippen molar-refractivity contribution >= 4 is 0 Å². The van der Waals surface area contributed by atoms with Gasteiger partial charge < -0.3 is 14.8 Å². The van der Waals surface area contributed by atoms with Crippen molar-refractivity contribution in [3.63, 3.8) is 0 Å². The summed E-state index contributed by atoms with van der Waals surface area (Å²) in [5.74, 6) is 0.358. The largest absolute Gasteiger partial charge is 0.493 e. The minimum atomic E-state index is -2.88. The molecule has 0 aliphatic carbocycles. The zero-order valence-electron chi connectivity index (χ0n) is 14.0. The fourth-order valence-corrected chi connectivity index (χ4v) is 3.08. The minimum absolute atomic E-state index is 0.0584. The first-order valence-corrected chi connectivity index (χ1v) is 8.14. The van der Waals surface area contributed by atoms with Crippen molar-refractivity contribution in [2.45, 2.75) is 19.2 Å². The molecule has 2 aromatic rings. The number of halogens is 2. The highest BCUT2D eigenvalue weighted by atomic mass is 19.3. The van der Waals surface area contributed by atoms with E-state index in [1.54, 1.807) is 18.3 Å². The molecule has 1 aromatic heterocycles. The molecule has 1 saturated heterocycles. The second-order valence-electron chi connectivity index (χ2n) is 5.84. The number of aromatic nitrogens is 1. The number of alkyl halides is 2. The summed E-state index contributed by atoms with van der Waals surface area (Å²) in [5, 5.41) is 3.39. The van der Waals surface area contributed by atoms with Crippen LogP contribution in [0.15, 0.2) is 42.7 Å². The Kier molecular flexibility index (Phi) is 5.78. The molecule has 1 aromatic carbocycles. The molecular formula is C18H21F2N3O2. The van der Waals surface area contributed by atoms with Gasteiger partial charge in [-0.2, -0.15) is 8.78 Å². The zero-order valence-corrected chi connectivity index (χ0v) is 14.0. The number of nitrogens with one attached hydrogen (secondary N) is 1. The molecule has 0 amide bonds. The van der Waals surface area contributed by atoms with Crippen molar-refractivity contribution in [3.8, 4) is 11.5 Å². The minimum Gasteiger partial charge on any atom is -0.493 e. The van der Waals surface area contributed by atoms with Gasteiger partial charge in [0.2, 0.25) is 0 Å². The standard InChI is InChI=1S/C18H21F2N3O2/c1-24-16-5-4-13(9-17(16)25-18(19)20)12-23-8-7-22-11-15(23)14-3-2-6-21-10-14/h2-6,9-10,15,18,22H,7-8,11-12H2,1H3. The Morgan fingerprint density at radius 3 is 2.92 bits per heavy atom. The Labute approximate surface area is 145 Å². The van der Waals surface area contributed by atoms with Gasteiger partial charge in [-0.15, -0.1) is 0 Å². The van der Waals surface area contributed by atoms with E-state index in [0.717, 1.165) is 30.8 Å². The summed E-state index contributed by atoms with van der Waals surface area (Å²) in [5.41, 5.74) is 2.03. The van der Waals surface area contributed by atoms with E-state index in [1.165, 1.54) is 7.11 Å². The number of nitrogens with zero attached hydrogens (tertiary/aromatic N) is 2. The van der Waals surface area contributed by atoms with Crippen LogP contribution in [-0.4, -0.2) is 43.2 Å². The lowest BCUT2D eigenvalue weighted by molar-refractivity contribution is -0.0512. The summed E-state index contributed by atoms with van der Waals surface area (Å²) in [4.78, 5) is 6.50. The maximum absolute atomic E-state index is 12.6. The number of benzene rings is 1. The Morgan fingerprint density at radius 2 is 2.20 bits per heavy atom. The Hall–Kier alpha value is -2.25. The summed E-state index contributed by atoms with van der Waals surface area (Å²) in [7, 11) is 1.43. The van der Waals surface area contributed by atoms with Gasteiger partial charge in [-0.1, -0.05) is 12.1 Å². The molecule has 0 saturated carbocycles. The van der Waals surface area contributed by atoms with Gasteiger partial charge >= 0.3 is 6.61 Å². The molecule has 134 valence electrons. The van der Waals surface area contributed by atoms with E-state index in [0.29, 0.717) is 12.3 Å². The van der Waals surface area contributed by atoms with Crippen LogP contribution in [-0.2, 0) is 6.54 Å². The third-order valence-electron chi connectivity index (χ3n) is 4.25. The predicted octanol–water partition coefficient (Wildman–Crippen LogP) is 2.84. The quantitative estimate of drug-likeness (QED) is 0.869. The fraction of sp³-hybridized carbons (Fsp3) is 0.389. The van der Waals surface area contributed by atoms with E-state index in [2.05, 4.69) is 26.0 Å². The van der Waals surface area contributed by atoms with Crippen LogP contribution in [0.5, 0.6) is 11.5 Å². The van der Waals surface area contributed by atoms with Crippen LogP contribution in [0.2, 0.25) is 0 Å². The van der Waals surface area contributed by atoms with Gasteiger partial charge in [-0.3, -0.25) is 9.88 Å². The average Bonchev–Trinajstić information content (AvgIpc) is 2.63. The Bertz CT molecular complexity index is 685. The molecule has 1 aliphatic heterocycles. The molecule has 3 rings (SSSR count). The number of methoxy groups -OCH3 is 1. The smallest absolute Gasteiger partial charge is 0.387 e. The van der Waals surface area contributed by atoms with Gasteiger partial charge in [0.15, 0.2) is 11.5 Å². The summed E-state index contributed by atoms with van der Waals surface area (Å²) < 4.78 is 34.9. The van der Waals surface area contributed by atoms with Crippen LogP contribution in [0, 0.1) is 0 Å². The molecule has 1 fully saturated rings. The van der Waals surface area contributed by atoms with E-state index in [9.17, 15) is 8.78 Å². The Balaban J connectivity index is 1.79. The third kappa shape index (κ3) is 4.43. The van der Waals surface area contributed by atoms with Crippen molar-refractivity contribution in [1.29, 1.82) is 0 Å². The van der Waals surface area contributed by atoms with E-state index in [-0.39, 0.29) is 11.8 Å². The zero-order chi connectivity index (χ0) is 17.6. The lowest BCUT2D eigenvalue weighted by atomic mass is 10.0.